The predicted molar refractivity (Wildman–Crippen MR) is 120 cm³/mol. The van der Waals surface area contributed by atoms with E-state index in [0.717, 1.165) is 22.0 Å². The molecular weight excluding hydrogens is 393 g/mol. The lowest BCUT2D eigenvalue weighted by atomic mass is 10.0. The summed E-state index contributed by atoms with van der Waals surface area (Å²) in [5, 5.41) is 8.13. The van der Waals surface area contributed by atoms with E-state index in [4.69, 9.17) is 4.74 Å². The number of benzene rings is 3. The van der Waals surface area contributed by atoms with Crippen LogP contribution >= 0.6 is 0 Å². The van der Waals surface area contributed by atoms with Crippen LogP contribution in [-0.4, -0.2) is 34.7 Å². The van der Waals surface area contributed by atoms with E-state index in [1.807, 2.05) is 38.1 Å². The van der Waals surface area contributed by atoms with Crippen molar-refractivity contribution in [2.24, 2.45) is 0 Å². The lowest BCUT2D eigenvalue weighted by molar-refractivity contribution is 0.0743. The first kappa shape index (κ1) is 20.6. The maximum atomic E-state index is 13.7. The fourth-order valence-electron chi connectivity index (χ4n) is 3.75. The molecule has 0 aliphatic rings. The number of hydrogen-bond acceptors (Lipinski definition) is 3. The van der Waals surface area contributed by atoms with E-state index in [2.05, 4.69) is 10.2 Å². The summed E-state index contributed by atoms with van der Waals surface area (Å²) in [6.07, 6.45) is 1.77. The first-order valence-electron chi connectivity index (χ1n) is 10.2. The fourth-order valence-corrected chi connectivity index (χ4v) is 3.75. The molecule has 1 amide bonds. The van der Waals surface area contributed by atoms with E-state index in [1.165, 1.54) is 12.1 Å². The Morgan fingerprint density at radius 1 is 1.16 bits per heavy atom. The third-order valence-corrected chi connectivity index (χ3v) is 5.52. The number of carbonyl (C=O) groups is 1. The minimum atomic E-state index is -0.318. The molecular formula is C25H24FN3O2. The van der Waals surface area contributed by atoms with Crippen LogP contribution < -0.4 is 4.74 Å². The Morgan fingerprint density at radius 2 is 1.97 bits per heavy atom. The molecule has 0 fully saturated rings. The average molecular weight is 417 g/mol. The summed E-state index contributed by atoms with van der Waals surface area (Å²) in [4.78, 5) is 15.0. The highest BCUT2D eigenvalue weighted by Crippen LogP contribution is 2.33. The van der Waals surface area contributed by atoms with Crippen LogP contribution in [0.1, 0.15) is 35.8 Å². The van der Waals surface area contributed by atoms with Crippen LogP contribution in [0.4, 0.5) is 4.39 Å². The van der Waals surface area contributed by atoms with Gasteiger partial charge in [-0.1, -0.05) is 30.3 Å². The number of aromatic nitrogens is 2. The smallest absolute Gasteiger partial charge is 0.254 e. The number of hydrogen-bond donors (Lipinski definition) is 1. The molecule has 1 atom stereocenters. The molecule has 0 bridgehead atoms. The van der Waals surface area contributed by atoms with Crippen molar-refractivity contribution in [3.63, 3.8) is 0 Å². The van der Waals surface area contributed by atoms with Crippen molar-refractivity contribution >= 4 is 16.8 Å². The zero-order chi connectivity index (χ0) is 22.0. The molecule has 0 radical (unpaired) electrons. The normalized spacial score (nSPS) is 12.0. The van der Waals surface area contributed by atoms with Gasteiger partial charge in [0.05, 0.1) is 24.4 Å². The van der Waals surface area contributed by atoms with Gasteiger partial charge in [0.15, 0.2) is 0 Å². The lowest BCUT2D eigenvalue weighted by Gasteiger charge is -2.26. The van der Waals surface area contributed by atoms with E-state index >= 15 is 0 Å². The summed E-state index contributed by atoms with van der Waals surface area (Å²) < 4.78 is 19.5. The SMILES string of the molecule is CCOc1cc(C(=O)N(C)[C@H](C)c2cccc3cn[nH]c23)ccc1-c1cccc(F)c1. The van der Waals surface area contributed by atoms with Crippen LogP contribution in [0.15, 0.2) is 66.9 Å². The topological polar surface area (TPSA) is 58.2 Å². The first-order chi connectivity index (χ1) is 15.0. The fraction of sp³-hybridized carbons (Fsp3) is 0.200. The molecule has 3 aromatic carbocycles. The second-order valence-corrected chi connectivity index (χ2v) is 7.43. The zero-order valence-electron chi connectivity index (χ0n) is 17.7. The van der Waals surface area contributed by atoms with Crippen LogP contribution in [0.3, 0.4) is 0 Å². The second-order valence-electron chi connectivity index (χ2n) is 7.43. The van der Waals surface area contributed by atoms with Gasteiger partial charge in [0.25, 0.3) is 5.91 Å². The second kappa shape index (κ2) is 8.60. The Hall–Kier alpha value is -3.67. The van der Waals surface area contributed by atoms with Crippen LogP contribution in [0.5, 0.6) is 5.75 Å². The van der Waals surface area contributed by atoms with Gasteiger partial charge >= 0.3 is 0 Å². The van der Waals surface area contributed by atoms with E-state index in [9.17, 15) is 9.18 Å². The summed E-state index contributed by atoms with van der Waals surface area (Å²) in [6, 6.07) is 17.4. The number of rotatable bonds is 6. The van der Waals surface area contributed by atoms with Gasteiger partial charge < -0.3 is 9.64 Å². The summed E-state index contributed by atoms with van der Waals surface area (Å²) in [5.74, 6) is 0.105. The molecule has 6 heteroatoms. The molecule has 0 aliphatic carbocycles. The van der Waals surface area contributed by atoms with Crippen LogP contribution in [0, 0.1) is 5.82 Å². The maximum absolute atomic E-state index is 13.7. The average Bonchev–Trinajstić information content (AvgIpc) is 3.27. The van der Waals surface area contributed by atoms with Crippen LogP contribution in [-0.2, 0) is 0 Å². The number of carbonyl (C=O) groups excluding carboxylic acids is 1. The van der Waals surface area contributed by atoms with Crippen molar-refractivity contribution in [1.82, 2.24) is 15.1 Å². The van der Waals surface area contributed by atoms with Crippen molar-refractivity contribution in [2.75, 3.05) is 13.7 Å². The minimum absolute atomic E-state index is 0.129. The van der Waals surface area contributed by atoms with Gasteiger partial charge in [-0.15, -0.1) is 0 Å². The Bertz CT molecular complexity index is 1230. The molecule has 1 heterocycles. The highest BCUT2D eigenvalue weighted by molar-refractivity contribution is 5.96. The van der Waals surface area contributed by atoms with Crippen molar-refractivity contribution in [1.29, 1.82) is 0 Å². The van der Waals surface area contributed by atoms with Gasteiger partial charge in [-0.2, -0.15) is 5.10 Å². The monoisotopic (exact) mass is 417 g/mol. The van der Waals surface area contributed by atoms with E-state index in [-0.39, 0.29) is 17.8 Å². The maximum Gasteiger partial charge on any atom is 0.254 e. The predicted octanol–water partition coefficient (Wildman–Crippen LogP) is 5.60. The number of nitrogens with zero attached hydrogens (tertiary/aromatic N) is 2. The van der Waals surface area contributed by atoms with Crippen molar-refractivity contribution in [2.45, 2.75) is 19.9 Å². The van der Waals surface area contributed by atoms with Gasteiger partial charge in [-0.05, 0) is 49.7 Å². The van der Waals surface area contributed by atoms with Gasteiger partial charge in [0.2, 0.25) is 0 Å². The minimum Gasteiger partial charge on any atom is -0.493 e. The lowest BCUT2D eigenvalue weighted by Crippen LogP contribution is -2.29. The van der Waals surface area contributed by atoms with Crippen LogP contribution in [0.2, 0.25) is 0 Å². The molecule has 0 unspecified atom stereocenters. The van der Waals surface area contributed by atoms with E-state index in [1.54, 1.807) is 42.4 Å². The van der Waals surface area contributed by atoms with Crippen LogP contribution in [0.25, 0.3) is 22.0 Å². The quantitative estimate of drug-likeness (QED) is 0.444. The molecule has 0 aliphatic heterocycles. The molecule has 1 aromatic heterocycles. The number of para-hydroxylation sites is 1. The number of nitrogens with one attached hydrogen (secondary N) is 1. The van der Waals surface area contributed by atoms with Gasteiger partial charge in [0.1, 0.15) is 11.6 Å². The molecule has 4 rings (SSSR count). The molecule has 0 saturated carbocycles. The van der Waals surface area contributed by atoms with E-state index < -0.39 is 0 Å². The summed E-state index contributed by atoms with van der Waals surface area (Å²) >= 11 is 0. The summed E-state index contributed by atoms with van der Waals surface area (Å²) in [5.41, 5.74) is 3.87. The number of aromatic amines is 1. The molecule has 4 aromatic rings. The number of H-pyrrole nitrogens is 1. The molecule has 5 nitrogen and oxygen atoms in total. The van der Waals surface area contributed by atoms with Gasteiger partial charge in [0, 0.05) is 29.1 Å². The molecule has 31 heavy (non-hydrogen) atoms. The summed E-state index contributed by atoms with van der Waals surface area (Å²) in [6.45, 7) is 4.30. The van der Waals surface area contributed by atoms with Gasteiger partial charge in [-0.25, -0.2) is 4.39 Å². The number of ether oxygens (including phenoxy) is 1. The highest BCUT2D eigenvalue weighted by Gasteiger charge is 2.22. The molecule has 0 spiro atoms. The third kappa shape index (κ3) is 4.01. The largest absolute Gasteiger partial charge is 0.493 e. The van der Waals surface area contributed by atoms with Crippen molar-refractivity contribution in [3.8, 4) is 16.9 Å². The Morgan fingerprint density at radius 3 is 2.74 bits per heavy atom. The number of amides is 1. The van der Waals surface area contributed by atoms with Gasteiger partial charge in [-0.3, -0.25) is 9.89 Å². The van der Waals surface area contributed by atoms with E-state index in [0.29, 0.717) is 23.5 Å². The van der Waals surface area contributed by atoms with Crippen molar-refractivity contribution < 1.29 is 13.9 Å². The molecule has 158 valence electrons. The Balaban J connectivity index is 1.66. The zero-order valence-corrected chi connectivity index (χ0v) is 17.7. The molecule has 0 saturated heterocycles. The standard InChI is InChI=1S/C25H24FN3O2/c1-4-31-23-14-18(11-12-22(23)17-7-5-9-20(26)13-17)25(30)29(3)16(2)21-10-6-8-19-15-27-28-24(19)21/h5-16H,4H2,1-3H3,(H,27,28)/t16-/m1/s1. The first-order valence-corrected chi connectivity index (χ1v) is 10.2. The summed E-state index contributed by atoms with van der Waals surface area (Å²) in [7, 11) is 1.78. The molecule has 1 N–H and O–H groups in total. The highest BCUT2D eigenvalue weighted by atomic mass is 19.1. The Labute approximate surface area is 180 Å². The third-order valence-electron chi connectivity index (χ3n) is 5.52. The number of fused-ring (bicyclic) bond motifs is 1. The Kier molecular flexibility index (Phi) is 5.71. The van der Waals surface area contributed by atoms with Crippen molar-refractivity contribution in [3.05, 3.63) is 83.8 Å². The number of halogens is 1.